The van der Waals surface area contributed by atoms with Crippen molar-refractivity contribution in [1.29, 1.82) is 0 Å². The molecule has 1 aromatic carbocycles. The van der Waals surface area contributed by atoms with Crippen LogP contribution in [0, 0.1) is 11.3 Å². The lowest BCUT2D eigenvalue weighted by atomic mass is 9.85. The highest BCUT2D eigenvalue weighted by atomic mass is 15.2. The van der Waals surface area contributed by atoms with Crippen LogP contribution in [0.3, 0.4) is 0 Å². The van der Waals surface area contributed by atoms with E-state index in [-0.39, 0.29) is 5.41 Å². The quantitative estimate of drug-likeness (QED) is 0.900. The van der Waals surface area contributed by atoms with Gasteiger partial charge in [0.15, 0.2) is 0 Å². The lowest BCUT2D eigenvalue weighted by Gasteiger charge is -2.41. The molecule has 2 nitrogen and oxygen atoms in total. The summed E-state index contributed by atoms with van der Waals surface area (Å²) in [5.41, 5.74) is 3.24. The molecular formula is C18H30N2. The van der Waals surface area contributed by atoms with Crippen LogP contribution in [0.4, 0.5) is 5.69 Å². The van der Waals surface area contributed by atoms with Gasteiger partial charge in [0.05, 0.1) is 0 Å². The summed E-state index contributed by atoms with van der Waals surface area (Å²) in [7, 11) is 0. The molecule has 1 N–H and O–H groups in total. The summed E-state index contributed by atoms with van der Waals surface area (Å²) in [6, 6.07) is 9.43. The molecule has 20 heavy (non-hydrogen) atoms. The summed E-state index contributed by atoms with van der Waals surface area (Å²) in [6.45, 7) is 14.9. The number of nitrogens with zero attached hydrogens (tertiary/aromatic N) is 1. The molecule has 2 unspecified atom stereocenters. The zero-order chi connectivity index (χ0) is 14.8. The largest absolute Gasteiger partial charge is 0.369 e. The van der Waals surface area contributed by atoms with Gasteiger partial charge >= 0.3 is 0 Å². The van der Waals surface area contributed by atoms with E-state index in [9.17, 15) is 0 Å². The van der Waals surface area contributed by atoms with Crippen LogP contribution in [0.15, 0.2) is 24.3 Å². The number of likely N-dealkylation sites (N-methyl/N-ethyl adjacent to an activating group) is 1. The summed E-state index contributed by atoms with van der Waals surface area (Å²) < 4.78 is 0. The summed E-state index contributed by atoms with van der Waals surface area (Å²) in [4.78, 5) is 2.59. The van der Waals surface area contributed by atoms with Crippen LogP contribution in [0.5, 0.6) is 0 Å². The molecule has 0 aromatic heterocycles. The molecule has 0 aliphatic carbocycles. The van der Waals surface area contributed by atoms with Crippen LogP contribution in [0.1, 0.15) is 40.2 Å². The zero-order valence-electron chi connectivity index (χ0n) is 13.7. The average Bonchev–Trinajstić information content (AvgIpc) is 2.37. The minimum atomic E-state index is 0.283. The zero-order valence-corrected chi connectivity index (χ0v) is 13.7. The Morgan fingerprint density at radius 3 is 2.65 bits per heavy atom. The van der Waals surface area contributed by atoms with Crippen molar-refractivity contribution in [2.24, 2.45) is 11.3 Å². The molecule has 0 radical (unpaired) electrons. The third-order valence-electron chi connectivity index (χ3n) is 4.33. The molecule has 0 saturated heterocycles. The second-order valence-electron chi connectivity index (χ2n) is 7.32. The number of fused-ring (bicyclic) bond motifs is 1. The van der Waals surface area contributed by atoms with Gasteiger partial charge in [-0.3, -0.25) is 0 Å². The van der Waals surface area contributed by atoms with Crippen molar-refractivity contribution < 1.29 is 0 Å². The maximum Gasteiger partial charge on any atom is 0.0399 e. The third-order valence-corrected chi connectivity index (χ3v) is 4.33. The van der Waals surface area contributed by atoms with Crippen LogP contribution in [-0.4, -0.2) is 25.7 Å². The van der Waals surface area contributed by atoms with Gasteiger partial charge < -0.3 is 10.2 Å². The molecule has 1 aromatic rings. The first-order chi connectivity index (χ1) is 9.41. The fraction of sp³-hybridized carbons (Fsp3) is 0.667. The van der Waals surface area contributed by atoms with Crippen molar-refractivity contribution in [2.45, 2.75) is 47.1 Å². The van der Waals surface area contributed by atoms with Gasteiger partial charge in [0, 0.05) is 24.8 Å². The maximum absolute atomic E-state index is 3.67. The van der Waals surface area contributed by atoms with Crippen molar-refractivity contribution >= 4 is 5.69 Å². The molecule has 0 amide bonds. The van der Waals surface area contributed by atoms with E-state index in [2.05, 4.69) is 69.1 Å². The Kier molecular flexibility index (Phi) is 4.74. The molecular weight excluding hydrogens is 244 g/mol. The molecule has 1 aliphatic heterocycles. The Morgan fingerprint density at radius 1 is 1.30 bits per heavy atom. The van der Waals surface area contributed by atoms with E-state index in [4.69, 9.17) is 0 Å². The molecule has 1 aliphatic rings. The number of hydrogen-bond acceptors (Lipinski definition) is 2. The second-order valence-corrected chi connectivity index (χ2v) is 7.32. The fourth-order valence-corrected chi connectivity index (χ4v) is 3.19. The molecule has 112 valence electrons. The Hall–Kier alpha value is -1.02. The van der Waals surface area contributed by atoms with Gasteiger partial charge in [-0.2, -0.15) is 0 Å². The van der Waals surface area contributed by atoms with Gasteiger partial charge in [-0.25, -0.2) is 0 Å². The van der Waals surface area contributed by atoms with E-state index in [0.29, 0.717) is 6.04 Å². The van der Waals surface area contributed by atoms with Crippen molar-refractivity contribution in [3.63, 3.8) is 0 Å². The highest BCUT2D eigenvalue weighted by molar-refractivity contribution is 5.55. The van der Waals surface area contributed by atoms with Crippen LogP contribution >= 0.6 is 0 Å². The topological polar surface area (TPSA) is 15.3 Å². The van der Waals surface area contributed by atoms with E-state index in [1.165, 1.54) is 24.2 Å². The smallest absolute Gasteiger partial charge is 0.0399 e. The SMILES string of the molecule is CCNC(CN1CC(C)Cc2ccccc21)C(C)(C)C. The first-order valence-corrected chi connectivity index (χ1v) is 7.98. The number of benzene rings is 1. The molecule has 2 atom stereocenters. The van der Waals surface area contributed by atoms with E-state index in [0.717, 1.165) is 19.0 Å². The second kappa shape index (κ2) is 6.17. The summed E-state index contributed by atoms with van der Waals surface area (Å²) in [5, 5.41) is 3.67. The van der Waals surface area contributed by atoms with E-state index < -0.39 is 0 Å². The Balaban J connectivity index is 2.20. The minimum Gasteiger partial charge on any atom is -0.369 e. The third kappa shape index (κ3) is 3.54. The first-order valence-electron chi connectivity index (χ1n) is 7.98. The number of rotatable bonds is 4. The van der Waals surface area contributed by atoms with Crippen molar-refractivity contribution in [2.75, 3.05) is 24.5 Å². The van der Waals surface area contributed by atoms with E-state index >= 15 is 0 Å². The Bertz CT molecular complexity index is 433. The Labute approximate surface area is 124 Å². The predicted molar refractivity (Wildman–Crippen MR) is 88.4 cm³/mol. The Morgan fingerprint density at radius 2 is 2.00 bits per heavy atom. The number of nitrogens with one attached hydrogen (secondary N) is 1. The standard InChI is InChI=1S/C18H30N2/c1-6-19-17(18(3,4)5)13-20-12-14(2)11-15-9-7-8-10-16(15)20/h7-10,14,17,19H,6,11-13H2,1-5H3. The van der Waals surface area contributed by atoms with Gasteiger partial charge in [0.2, 0.25) is 0 Å². The summed E-state index contributed by atoms with van der Waals surface area (Å²) in [5.74, 6) is 0.743. The predicted octanol–water partition coefficient (Wildman–Crippen LogP) is 3.71. The molecule has 1 heterocycles. The lowest BCUT2D eigenvalue weighted by molar-refractivity contribution is 0.270. The van der Waals surface area contributed by atoms with Crippen molar-refractivity contribution in [3.8, 4) is 0 Å². The normalized spacial score (nSPS) is 20.6. The summed E-state index contributed by atoms with van der Waals surface area (Å²) >= 11 is 0. The monoisotopic (exact) mass is 274 g/mol. The number of hydrogen-bond donors (Lipinski definition) is 1. The number of para-hydroxylation sites is 1. The highest BCUT2D eigenvalue weighted by Gasteiger charge is 2.29. The van der Waals surface area contributed by atoms with Crippen molar-refractivity contribution in [1.82, 2.24) is 5.32 Å². The van der Waals surface area contributed by atoms with Gasteiger partial charge in [-0.05, 0) is 35.9 Å². The van der Waals surface area contributed by atoms with Gasteiger partial charge in [-0.15, -0.1) is 0 Å². The first kappa shape index (κ1) is 15.4. The van der Waals surface area contributed by atoms with E-state index in [1.54, 1.807) is 0 Å². The molecule has 0 fully saturated rings. The van der Waals surface area contributed by atoms with Crippen molar-refractivity contribution in [3.05, 3.63) is 29.8 Å². The van der Waals surface area contributed by atoms with Crippen LogP contribution < -0.4 is 10.2 Å². The molecule has 0 spiro atoms. The minimum absolute atomic E-state index is 0.283. The highest BCUT2D eigenvalue weighted by Crippen LogP contribution is 2.31. The van der Waals surface area contributed by atoms with Crippen LogP contribution in [-0.2, 0) is 6.42 Å². The summed E-state index contributed by atoms with van der Waals surface area (Å²) in [6.07, 6.45) is 1.22. The molecule has 2 rings (SSSR count). The average molecular weight is 274 g/mol. The number of anilines is 1. The molecule has 2 heteroatoms. The van der Waals surface area contributed by atoms with Gasteiger partial charge in [0.1, 0.15) is 0 Å². The fourth-order valence-electron chi connectivity index (χ4n) is 3.19. The lowest BCUT2D eigenvalue weighted by Crippen LogP contribution is -2.50. The van der Waals surface area contributed by atoms with Crippen LogP contribution in [0.25, 0.3) is 0 Å². The molecule has 0 saturated carbocycles. The van der Waals surface area contributed by atoms with Gasteiger partial charge in [0.25, 0.3) is 0 Å². The van der Waals surface area contributed by atoms with Gasteiger partial charge in [-0.1, -0.05) is 52.8 Å². The van der Waals surface area contributed by atoms with E-state index in [1.807, 2.05) is 0 Å². The molecule has 0 bridgehead atoms. The van der Waals surface area contributed by atoms with Crippen LogP contribution in [0.2, 0.25) is 0 Å². The maximum atomic E-state index is 3.67.